The molecule has 0 N–H and O–H groups in total. The van der Waals surface area contributed by atoms with Crippen molar-refractivity contribution < 1.29 is 4.79 Å². The summed E-state index contributed by atoms with van der Waals surface area (Å²) in [6, 6.07) is 17.7. The van der Waals surface area contributed by atoms with E-state index in [0.29, 0.717) is 47.1 Å². The first-order chi connectivity index (χ1) is 19.4. The molecule has 7 nitrogen and oxygen atoms in total. The van der Waals surface area contributed by atoms with Crippen molar-refractivity contribution >= 4 is 34.4 Å². The molecule has 8 heteroatoms. The summed E-state index contributed by atoms with van der Waals surface area (Å²) in [6.07, 6.45) is 7.04. The fourth-order valence-corrected chi connectivity index (χ4v) is 6.08. The minimum atomic E-state index is -0.408. The molecule has 0 saturated carbocycles. The first-order valence-electron chi connectivity index (χ1n) is 13.5. The molecule has 2 aromatic heterocycles. The van der Waals surface area contributed by atoms with E-state index in [2.05, 4.69) is 34.7 Å². The lowest BCUT2D eigenvalue weighted by Crippen LogP contribution is -2.58. The normalized spacial score (nSPS) is 18.9. The first-order valence-corrected chi connectivity index (χ1v) is 13.9. The Morgan fingerprint density at radius 1 is 0.976 bits per heavy atom. The number of nitrogens with zero attached hydrogens (tertiary/aromatic N) is 5. The molecule has 2 aliphatic heterocycles. The number of pyridine rings is 1. The number of carbonyl (C=O) groups excluding carboxylic acids is 1. The van der Waals surface area contributed by atoms with Gasteiger partial charge in [-0.1, -0.05) is 80.2 Å². The molecule has 6 rings (SSSR count). The fourth-order valence-electron chi connectivity index (χ4n) is 5.83. The van der Waals surface area contributed by atoms with Crippen LogP contribution in [0, 0.1) is 0 Å². The zero-order chi connectivity index (χ0) is 28.0. The first kappa shape index (κ1) is 28.3. The SMILES string of the molecule is C.C=CC(=O)N1C[C@H](C)N(c2nc(=O)n3c4nc(c(Cl)cc24)-c2ccccc2C/C=C/Cc2ccccc2-3)C[C@H]1C. The highest BCUT2D eigenvalue weighted by Crippen LogP contribution is 2.36. The predicted octanol–water partition coefficient (Wildman–Crippen LogP) is 6.00. The molecule has 2 atom stereocenters. The number of carbonyl (C=O) groups is 1. The summed E-state index contributed by atoms with van der Waals surface area (Å²) in [5.41, 5.74) is 4.52. The van der Waals surface area contributed by atoms with Crippen LogP contribution in [0.25, 0.3) is 28.0 Å². The molecular formula is C33H34ClN5O2. The van der Waals surface area contributed by atoms with Gasteiger partial charge >= 0.3 is 5.69 Å². The van der Waals surface area contributed by atoms with Gasteiger partial charge in [0.15, 0.2) is 5.65 Å². The third-order valence-corrected chi connectivity index (χ3v) is 8.15. The van der Waals surface area contributed by atoms with Crippen molar-refractivity contribution in [2.75, 3.05) is 18.0 Å². The second kappa shape index (κ2) is 11.3. The molecule has 0 unspecified atom stereocenters. The van der Waals surface area contributed by atoms with Crippen LogP contribution < -0.4 is 10.6 Å². The van der Waals surface area contributed by atoms with Crippen molar-refractivity contribution in [3.63, 3.8) is 0 Å². The average Bonchev–Trinajstić information content (AvgIpc) is 2.95. The van der Waals surface area contributed by atoms with Gasteiger partial charge in [0.25, 0.3) is 0 Å². The number of hydrogen-bond acceptors (Lipinski definition) is 5. The van der Waals surface area contributed by atoms with Gasteiger partial charge in [0.05, 0.1) is 21.8 Å². The zero-order valence-electron chi connectivity index (χ0n) is 22.5. The Morgan fingerprint density at radius 3 is 2.41 bits per heavy atom. The molecule has 2 aromatic carbocycles. The van der Waals surface area contributed by atoms with Gasteiger partial charge in [-0.2, -0.15) is 4.98 Å². The lowest BCUT2D eigenvalue weighted by Gasteiger charge is -2.44. The van der Waals surface area contributed by atoms with Gasteiger partial charge in [0.1, 0.15) is 5.82 Å². The van der Waals surface area contributed by atoms with Gasteiger partial charge in [-0.3, -0.25) is 4.79 Å². The zero-order valence-corrected chi connectivity index (χ0v) is 23.3. The molecule has 0 spiro atoms. The number of allylic oxidation sites excluding steroid dienone is 2. The molecule has 4 aromatic rings. The van der Waals surface area contributed by atoms with E-state index >= 15 is 0 Å². The lowest BCUT2D eigenvalue weighted by molar-refractivity contribution is -0.128. The van der Waals surface area contributed by atoms with Gasteiger partial charge in [0.2, 0.25) is 5.91 Å². The number of fused-ring (bicyclic) bond motifs is 5. The van der Waals surface area contributed by atoms with Crippen LogP contribution in [0.4, 0.5) is 5.82 Å². The highest BCUT2D eigenvalue weighted by molar-refractivity contribution is 6.34. The van der Waals surface area contributed by atoms with Crippen molar-refractivity contribution in [3.8, 4) is 16.9 Å². The van der Waals surface area contributed by atoms with E-state index in [9.17, 15) is 9.59 Å². The Balaban J connectivity index is 0.00000337. The number of rotatable bonds is 2. The molecule has 41 heavy (non-hydrogen) atoms. The van der Waals surface area contributed by atoms with Crippen LogP contribution in [0.15, 0.2) is 84.2 Å². The Morgan fingerprint density at radius 2 is 1.66 bits per heavy atom. The fraction of sp³-hybridized carbons (Fsp3) is 0.273. The second-order valence-corrected chi connectivity index (χ2v) is 10.9. The maximum atomic E-state index is 13.9. The predicted molar refractivity (Wildman–Crippen MR) is 167 cm³/mol. The summed E-state index contributed by atoms with van der Waals surface area (Å²) in [4.78, 5) is 40.0. The molecule has 4 heterocycles. The Kier molecular flexibility index (Phi) is 7.82. The summed E-state index contributed by atoms with van der Waals surface area (Å²) in [6.45, 7) is 8.67. The number of anilines is 1. The molecule has 1 saturated heterocycles. The van der Waals surface area contributed by atoms with E-state index in [4.69, 9.17) is 16.6 Å². The van der Waals surface area contributed by atoms with E-state index in [-0.39, 0.29) is 25.4 Å². The van der Waals surface area contributed by atoms with Crippen LogP contribution in [-0.2, 0) is 17.6 Å². The highest BCUT2D eigenvalue weighted by atomic mass is 35.5. The molecule has 0 radical (unpaired) electrons. The third-order valence-electron chi connectivity index (χ3n) is 7.86. The van der Waals surface area contributed by atoms with Gasteiger partial charge < -0.3 is 9.80 Å². The van der Waals surface area contributed by atoms with E-state index < -0.39 is 5.69 Å². The number of hydrogen-bond donors (Lipinski definition) is 0. The maximum Gasteiger partial charge on any atom is 0.355 e. The smallest absolute Gasteiger partial charge is 0.349 e. The van der Waals surface area contributed by atoms with E-state index in [1.165, 1.54) is 6.08 Å². The van der Waals surface area contributed by atoms with E-state index in [1.54, 1.807) is 9.47 Å². The van der Waals surface area contributed by atoms with Gasteiger partial charge in [-0.25, -0.2) is 14.3 Å². The Hall–Kier alpha value is -4.23. The number of amides is 1. The summed E-state index contributed by atoms with van der Waals surface area (Å²) >= 11 is 6.97. The van der Waals surface area contributed by atoms with Crippen LogP contribution in [0.5, 0.6) is 0 Å². The second-order valence-electron chi connectivity index (χ2n) is 10.5. The number of para-hydroxylation sites is 1. The largest absolute Gasteiger partial charge is 0.355 e. The average molecular weight is 568 g/mol. The molecule has 1 fully saturated rings. The minimum absolute atomic E-state index is 0. The number of piperazine rings is 1. The Bertz CT molecular complexity index is 1740. The molecule has 2 aliphatic rings. The van der Waals surface area contributed by atoms with E-state index in [1.807, 2.05) is 62.4 Å². The van der Waals surface area contributed by atoms with Crippen molar-refractivity contribution in [1.82, 2.24) is 19.4 Å². The number of benzene rings is 2. The molecule has 0 aliphatic carbocycles. The van der Waals surface area contributed by atoms with Crippen molar-refractivity contribution in [3.05, 3.63) is 106 Å². The lowest BCUT2D eigenvalue weighted by atomic mass is 9.99. The third kappa shape index (κ3) is 4.95. The van der Waals surface area contributed by atoms with Crippen LogP contribution in [0.2, 0.25) is 5.02 Å². The van der Waals surface area contributed by atoms with Crippen LogP contribution in [0.1, 0.15) is 32.4 Å². The highest BCUT2D eigenvalue weighted by Gasteiger charge is 2.33. The Labute approximate surface area is 245 Å². The van der Waals surface area contributed by atoms with Gasteiger partial charge in [0, 0.05) is 30.7 Å². The molecular weight excluding hydrogens is 534 g/mol. The van der Waals surface area contributed by atoms with Crippen molar-refractivity contribution in [2.24, 2.45) is 0 Å². The standard InChI is InChI=1S/C32H30ClN5O2.CH4/c1-4-28(39)36-18-21(3)37(19-20(36)2)30-25-17-26(33)29-24-15-9-7-12-22(24)11-5-6-13-23-14-8-10-16-27(23)38(31(25)34-29)32(40)35-30;/h4-10,12,14-17,20-21H,1,11,13,18-19H2,2-3H3;1H4/b6-5+;/t20-,21+;/m1./s1. The van der Waals surface area contributed by atoms with Gasteiger partial charge in [-0.15, -0.1) is 0 Å². The van der Waals surface area contributed by atoms with Crippen LogP contribution in [-0.4, -0.2) is 50.5 Å². The summed E-state index contributed by atoms with van der Waals surface area (Å²) in [5, 5.41) is 1.18. The summed E-state index contributed by atoms with van der Waals surface area (Å²) in [7, 11) is 0. The van der Waals surface area contributed by atoms with Crippen molar-refractivity contribution in [1.29, 1.82) is 0 Å². The van der Waals surface area contributed by atoms with Crippen LogP contribution >= 0.6 is 11.6 Å². The number of halogens is 1. The number of aromatic nitrogens is 3. The van der Waals surface area contributed by atoms with Gasteiger partial charge in [-0.05, 0) is 56.0 Å². The molecule has 1 amide bonds. The quantitative estimate of drug-likeness (QED) is 0.219. The van der Waals surface area contributed by atoms with Crippen molar-refractivity contribution in [2.45, 2.75) is 46.2 Å². The summed E-state index contributed by atoms with van der Waals surface area (Å²) < 4.78 is 1.61. The maximum absolute atomic E-state index is 13.9. The molecule has 2 bridgehead atoms. The monoisotopic (exact) mass is 567 g/mol. The van der Waals surface area contributed by atoms with E-state index in [0.717, 1.165) is 28.8 Å². The summed E-state index contributed by atoms with van der Waals surface area (Å²) in [5.74, 6) is 0.423. The molecule has 210 valence electrons. The van der Waals surface area contributed by atoms with Crippen LogP contribution in [0.3, 0.4) is 0 Å². The minimum Gasteiger partial charge on any atom is -0.349 e. The topological polar surface area (TPSA) is 71.3 Å².